The van der Waals surface area contributed by atoms with E-state index in [0.717, 1.165) is 33.8 Å². The fourth-order valence-electron chi connectivity index (χ4n) is 3.04. The largest absolute Gasteiger partial charge is 0.422 e. The van der Waals surface area contributed by atoms with E-state index in [2.05, 4.69) is 45.1 Å². The zero-order valence-electron chi connectivity index (χ0n) is 14.2. The van der Waals surface area contributed by atoms with Crippen LogP contribution in [0.3, 0.4) is 0 Å². The third-order valence-electron chi connectivity index (χ3n) is 4.34. The summed E-state index contributed by atoms with van der Waals surface area (Å²) < 4.78 is 7.22. The van der Waals surface area contributed by atoms with E-state index < -0.39 is 0 Å². The Labute approximate surface area is 148 Å². The first-order valence-corrected chi connectivity index (χ1v) is 8.30. The van der Waals surface area contributed by atoms with Crippen molar-refractivity contribution in [3.63, 3.8) is 0 Å². The quantitative estimate of drug-likeness (QED) is 0.538. The standard InChI is InChI=1S/C18H15N7O/c1-10(2)13-7-12(16-19-5-6-20-16)11-3-4-15-22-14(18-24-21-9-26-18)8-25(15)17(11)23-13/h3-10H,1-2H3,(H,19,20). The Bertz CT molecular complexity index is 1200. The number of nitrogens with one attached hydrogen (secondary N) is 1. The first-order valence-electron chi connectivity index (χ1n) is 8.30. The fourth-order valence-corrected chi connectivity index (χ4v) is 3.04. The van der Waals surface area contributed by atoms with Crippen molar-refractivity contribution in [2.24, 2.45) is 0 Å². The van der Waals surface area contributed by atoms with Gasteiger partial charge in [0.15, 0.2) is 0 Å². The van der Waals surface area contributed by atoms with Crippen LogP contribution in [0, 0.1) is 0 Å². The molecule has 8 nitrogen and oxygen atoms in total. The van der Waals surface area contributed by atoms with Gasteiger partial charge in [0.2, 0.25) is 6.39 Å². The second-order valence-electron chi connectivity index (χ2n) is 6.36. The molecule has 0 bridgehead atoms. The highest BCUT2D eigenvalue weighted by Gasteiger charge is 2.16. The summed E-state index contributed by atoms with van der Waals surface area (Å²) in [5.41, 5.74) is 4.21. The molecular weight excluding hydrogens is 330 g/mol. The molecule has 0 saturated carbocycles. The summed E-state index contributed by atoms with van der Waals surface area (Å²) >= 11 is 0. The average Bonchev–Trinajstić information content (AvgIpc) is 3.41. The van der Waals surface area contributed by atoms with E-state index in [1.54, 1.807) is 6.20 Å². The highest BCUT2D eigenvalue weighted by Crippen LogP contribution is 2.30. The third-order valence-corrected chi connectivity index (χ3v) is 4.34. The number of aromatic amines is 1. The number of fused-ring (bicyclic) bond motifs is 3. The van der Waals surface area contributed by atoms with Crippen LogP contribution in [0.25, 0.3) is 39.7 Å². The highest BCUT2D eigenvalue weighted by molar-refractivity contribution is 5.92. The summed E-state index contributed by atoms with van der Waals surface area (Å²) in [5.74, 6) is 1.48. The number of H-pyrrole nitrogens is 1. The van der Waals surface area contributed by atoms with Crippen molar-refractivity contribution in [3.05, 3.63) is 48.9 Å². The van der Waals surface area contributed by atoms with Crippen LogP contribution in [-0.2, 0) is 0 Å². The van der Waals surface area contributed by atoms with Gasteiger partial charge in [-0.1, -0.05) is 13.8 Å². The average molecular weight is 345 g/mol. The summed E-state index contributed by atoms with van der Waals surface area (Å²) in [7, 11) is 0. The lowest BCUT2D eigenvalue weighted by Gasteiger charge is -2.11. The van der Waals surface area contributed by atoms with Crippen LogP contribution in [0.1, 0.15) is 25.5 Å². The summed E-state index contributed by atoms with van der Waals surface area (Å²) in [4.78, 5) is 17.1. The lowest BCUT2D eigenvalue weighted by Crippen LogP contribution is -2.00. The molecule has 0 radical (unpaired) electrons. The van der Waals surface area contributed by atoms with Crippen LogP contribution < -0.4 is 0 Å². The van der Waals surface area contributed by atoms with E-state index in [0.29, 0.717) is 11.6 Å². The van der Waals surface area contributed by atoms with Gasteiger partial charge in [0, 0.05) is 35.2 Å². The maximum Gasteiger partial charge on any atom is 0.267 e. The number of rotatable bonds is 3. The van der Waals surface area contributed by atoms with Crippen LogP contribution in [0.5, 0.6) is 0 Å². The van der Waals surface area contributed by atoms with E-state index in [9.17, 15) is 0 Å². The number of nitrogens with zero attached hydrogens (tertiary/aromatic N) is 6. The molecule has 5 aromatic heterocycles. The Kier molecular flexibility index (Phi) is 3.11. The lowest BCUT2D eigenvalue weighted by atomic mass is 10.0. The molecule has 0 fully saturated rings. The molecule has 128 valence electrons. The van der Waals surface area contributed by atoms with E-state index in [-0.39, 0.29) is 5.92 Å². The Morgan fingerprint density at radius 2 is 2.12 bits per heavy atom. The van der Waals surface area contributed by atoms with Crippen molar-refractivity contribution in [2.75, 3.05) is 0 Å². The smallest absolute Gasteiger partial charge is 0.267 e. The van der Waals surface area contributed by atoms with Gasteiger partial charge in [0.05, 0.1) is 0 Å². The fraction of sp³-hybridized carbons (Fsp3) is 0.167. The third kappa shape index (κ3) is 2.19. The van der Waals surface area contributed by atoms with E-state index in [1.807, 2.05) is 28.9 Å². The molecule has 0 amide bonds. The molecule has 0 aliphatic carbocycles. The molecule has 0 aliphatic rings. The summed E-state index contributed by atoms with van der Waals surface area (Å²) in [6, 6.07) is 6.06. The minimum absolute atomic E-state index is 0.280. The van der Waals surface area contributed by atoms with Crippen molar-refractivity contribution in [3.8, 4) is 23.0 Å². The zero-order chi connectivity index (χ0) is 17.7. The summed E-state index contributed by atoms with van der Waals surface area (Å²) in [6.07, 6.45) is 6.73. The molecule has 5 heterocycles. The van der Waals surface area contributed by atoms with Gasteiger partial charge in [0.1, 0.15) is 22.8 Å². The van der Waals surface area contributed by atoms with E-state index in [4.69, 9.17) is 9.40 Å². The Balaban J connectivity index is 1.85. The predicted molar refractivity (Wildman–Crippen MR) is 95.5 cm³/mol. The molecule has 5 rings (SSSR count). The van der Waals surface area contributed by atoms with Gasteiger partial charge in [-0.15, -0.1) is 10.2 Å². The van der Waals surface area contributed by atoms with Crippen LogP contribution >= 0.6 is 0 Å². The molecular formula is C18H15N7O. The number of imidazole rings is 2. The topological polar surface area (TPSA) is 97.8 Å². The number of hydrogen-bond donors (Lipinski definition) is 1. The molecule has 0 atom stereocenters. The number of aromatic nitrogens is 7. The van der Waals surface area contributed by atoms with Gasteiger partial charge < -0.3 is 9.40 Å². The minimum Gasteiger partial charge on any atom is -0.422 e. The number of hydrogen-bond acceptors (Lipinski definition) is 6. The second kappa shape index (κ2) is 5.48. The predicted octanol–water partition coefficient (Wildman–Crippen LogP) is 3.45. The Morgan fingerprint density at radius 1 is 1.19 bits per heavy atom. The molecule has 0 unspecified atom stereocenters. The van der Waals surface area contributed by atoms with Crippen molar-refractivity contribution in [1.82, 2.24) is 34.5 Å². The molecule has 1 N–H and O–H groups in total. The molecule has 0 saturated heterocycles. The van der Waals surface area contributed by atoms with Crippen LogP contribution in [0.4, 0.5) is 0 Å². The van der Waals surface area contributed by atoms with Crippen LogP contribution in [0.2, 0.25) is 0 Å². The van der Waals surface area contributed by atoms with Gasteiger partial charge in [0.25, 0.3) is 5.89 Å². The van der Waals surface area contributed by atoms with Crippen molar-refractivity contribution in [2.45, 2.75) is 19.8 Å². The monoisotopic (exact) mass is 345 g/mol. The molecule has 0 spiro atoms. The van der Waals surface area contributed by atoms with Crippen LogP contribution in [-0.4, -0.2) is 34.5 Å². The lowest BCUT2D eigenvalue weighted by molar-refractivity contribution is 0.567. The van der Waals surface area contributed by atoms with E-state index >= 15 is 0 Å². The molecule has 8 heteroatoms. The maximum absolute atomic E-state index is 5.27. The van der Waals surface area contributed by atoms with Gasteiger partial charge in [-0.05, 0) is 24.1 Å². The molecule has 0 aromatic carbocycles. The maximum atomic E-state index is 5.27. The number of pyridine rings is 2. The Morgan fingerprint density at radius 3 is 2.85 bits per heavy atom. The normalized spacial score (nSPS) is 11.8. The highest BCUT2D eigenvalue weighted by atomic mass is 16.4. The first kappa shape index (κ1) is 14.8. The zero-order valence-corrected chi connectivity index (χ0v) is 14.2. The van der Waals surface area contributed by atoms with Crippen LogP contribution in [0.15, 0.2) is 47.6 Å². The van der Waals surface area contributed by atoms with Gasteiger partial charge in [-0.25, -0.2) is 15.0 Å². The summed E-state index contributed by atoms with van der Waals surface area (Å²) in [6.45, 7) is 4.25. The van der Waals surface area contributed by atoms with Gasteiger partial charge in [-0.3, -0.25) is 4.40 Å². The first-order chi connectivity index (χ1) is 12.7. The SMILES string of the molecule is CC(C)c1cc(-c2ncc[nH]2)c2ccc3nc(-c4nnco4)cn3c2n1. The van der Waals surface area contributed by atoms with Crippen molar-refractivity contribution in [1.29, 1.82) is 0 Å². The minimum atomic E-state index is 0.280. The van der Waals surface area contributed by atoms with Crippen molar-refractivity contribution >= 4 is 16.7 Å². The van der Waals surface area contributed by atoms with Gasteiger partial charge in [-0.2, -0.15) is 0 Å². The van der Waals surface area contributed by atoms with Gasteiger partial charge >= 0.3 is 0 Å². The van der Waals surface area contributed by atoms with Crippen molar-refractivity contribution < 1.29 is 4.42 Å². The Hall–Kier alpha value is -3.55. The van der Waals surface area contributed by atoms with E-state index in [1.165, 1.54) is 6.39 Å². The molecule has 26 heavy (non-hydrogen) atoms. The second-order valence-corrected chi connectivity index (χ2v) is 6.36. The summed E-state index contributed by atoms with van der Waals surface area (Å²) in [5, 5.41) is 8.65. The molecule has 5 aromatic rings. The molecule has 0 aliphatic heterocycles.